The molecule has 0 saturated carbocycles. The summed E-state index contributed by atoms with van der Waals surface area (Å²) >= 11 is 0. The molecule has 1 aromatic carbocycles. The van der Waals surface area contributed by atoms with Crippen LogP contribution < -0.4 is 5.73 Å². The standard InChI is InChI=1S/C8H8N2O4/c9-8(7(11)12,10(13)14)6-4-2-1-3-5-6/h1-5H,9H2,(H,11,12). The van der Waals surface area contributed by atoms with Gasteiger partial charge in [0.15, 0.2) is 0 Å². The number of nitrogens with zero attached hydrogens (tertiary/aromatic N) is 1. The van der Waals surface area contributed by atoms with Crippen LogP contribution in [0, 0.1) is 10.1 Å². The lowest BCUT2D eigenvalue weighted by molar-refractivity contribution is -0.562. The second-order valence-electron chi connectivity index (χ2n) is 2.69. The quantitative estimate of drug-likeness (QED) is 0.406. The molecule has 0 fully saturated rings. The fourth-order valence-corrected chi connectivity index (χ4v) is 0.999. The third-order valence-electron chi connectivity index (χ3n) is 1.83. The van der Waals surface area contributed by atoms with Crippen LogP contribution in [0.2, 0.25) is 0 Å². The second-order valence-corrected chi connectivity index (χ2v) is 2.69. The smallest absolute Gasteiger partial charge is 0.403 e. The molecule has 0 aromatic heterocycles. The molecule has 0 bridgehead atoms. The molecule has 0 radical (unpaired) electrons. The third kappa shape index (κ3) is 1.42. The first-order chi connectivity index (χ1) is 6.49. The van der Waals surface area contributed by atoms with Crippen LogP contribution in [0.1, 0.15) is 5.56 Å². The summed E-state index contributed by atoms with van der Waals surface area (Å²) in [6, 6.07) is 7.20. The Balaban J connectivity index is 3.27. The highest BCUT2D eigenvalue weighted by Crippen LogP contribution is 2.18. The van der Waals surface area contributed by atoms with E-state index in [1.807, 2.05) is 0 Å². The summed E-state index contributed by atoms with van der Waals surface area (Å²) in [6.45, 7) is 0. The maximum Gasteiger partial charge on any atom is 0.403 e. The Morgan fingerprint density at radius 3 is 2.29 bits per heavy atom. The van der Waals surface area contributed by atoms with Gasteiger partial charge in [0.25, 0.3) is 0 Å². The van der Waals surface area contributed by atoms with E-state index in [-0.39, 0.29) is 5.56 Å². The maximum absolute atomic E-state index is 10.7. The summed E-state index contributed by atoms with van der Waals surface area (Å²) in [5, 5.41) is 19.3. The van der Waals surface area contributed by atoms with Crippen LogP contribution in [-0.2, 0) is 10.5 Å². The normalized spacial score (nSPS) is 14.4. The molecular formula is C8H8N2O4. The summed E-state index contributed by atoms with van der Waals surface area (Å²) in [5.41, 5.74) is 2.58. The topological polar surface area (TPSA) is 106 Å². The monoisotopic (exact) mass is 196 g/mol. The van der Waals surface area contributed by atoms with Crippen molar-refractivity contribution in [3.63, 3.8) is 0 Å². The van der Waals surface area contributed by atoms with Crippen molar-refractivity contribution in [2.75, 3.05) is 0 Å². The number of nitrogens with two attached hydrogens (primary N) is 1. The van der Waals surface area contributed by atoms with E-state index in [2.05, 4.69) is 0 Å². The van der Waals surface area contributed by atoms with Gasteiger partial charge in [0, 0.05) is 0 Å². The largest absolute Gasteiger partial charge is 0.475 e. The van der Waals surface area contributed by atoms with Gasteiger partial charge < -0.3 is 5.11 Å². The zero-order chi connectivity index (χ0) is 10.8. The van der Waals surface area contributed by atoms with Crippen molar-refractivity contribution < 1.29 is 14.8 Å². The van der Waals surface area contributed by atoms with Gasteiger partial charge in [0.2, 0.25) is 0 Å². The van der Waals surface area contributed by atoms with Gasteiger partial charge in [-0.3, -0.25) is 15.8 Å². The van der Waals surface area contributed by atoms with Gasteiger partial charge in [-0.25, -0.2) is 4.79 Å². The molecule has 1 rings (SSSR count). The third-order valence-corrected chi connectivity index (χ3v) is 1.83. The first-order valence-corrected chi connectivity index (χ1v) is 3.72. The van der Waals surface area contributed by atoms with Crippen molar-refractivity contribution in [3.8, 4) is 0 Å². The number of hydrogen-bond acceptors (Lipinski definition) is 4. The van der Waals surface area contributed by atoms with Gasteiger partial charge in [-0.2, -0.15) is 0 Å². The summed E-state index contributed by atoms with van der Waals surface area (Å²) in [5.74, 6) is -1.69. The lowest BCUT2D eigenvalue weighted by atomic mass is 10.0. The van der Waals surface area contributed by atoms with Crippen LogP contribution in [-0.4, -0.2) is 16.0 Å². The van der Waals surface area contributed by atoms with E-state index in [1.54, 1.807) is 6.07 Å². The molecule has 0 saturated heterocycles. The maximum atomic E-state index is 10.7. The average molecular weight is 196 g/mol. The lowest BCUT2D eigenvalue weighted by Gasteiger charge is -2.15. The van der Waals surface area contributed by atoms with E-state index in [0.29, 0.717) is 0 Å². The number of carboxylic acids is 1. The van der Waals surface area contributed by atoms with E-state index in [9.17, 15) is 14.9 Å². The molecule has 0 amide bonds. The van der Waals surface area contributed by atoms with Crippen LogP contribution >= 0.6 is 0 Å². The molecule has 6 heteroatoms. The Morgan fingerprint density at radius 1 is 1.43 bits per heavy atom. The molecule has 3 N–H and O–H groups in total. The fourth-order valence-electron chi connectivity index (χ4n) is 0.999. The van der Waals surface area contributed by atoms with Gasteiger partial charge in [-0.05, 0) is 12.1 Å². The molecule has 0 aliphatic rings. The molecule has 0 spiro atoms. The highest BCUT2D eigenvalue weighted by Gasteiger charge is 2.49. The lowest BCUT2D eigenvalue weighted by Crippen LogP contribution is -2.51. The van der Waals surface area contributed by atoms with Gasteiger partial charge in [-0.1, -0.05) is 18.2 Å². The number of benzene rings is 1. The minimum Gasteiger partial charge on any atom is -0.475 e. The van der Waals surface area contributed by atoms with Crippen molar-refractivity contribution in [1.29, 1.82) is 0 Å². The number of carboxylic acid groups (broad SMARTS) is 1. The van der Waals surface area contributed by atoms with Gasteiger partial charge in [0.1, 0.15) is 0 Å². The van der Waals surface area contributed by atoms with E-state index < -0.39 is 16.6 Å². The predicted octanol–water partition coefficient (Wildman–Crippen LogP) is 0.159. The van der Waals surface area contributed by atoms with Crippen molar-refractivity contribution in [3.05, 3.63) is 46.0 Å². The summed E-state index contributed by atoms with van der Waals surface area (Å²) in [4.78, 5) is 20.2. The molecule has 74 valence electrons. The molecule has 0 aliphatic carbocycles. The van der Waals surface area contributed by atoms with E-state index in [0.717, 1.165) is 0 Å². The fraction of sp³-hybridized carbons (Fsp3) is 0.125. The van der Waals surface area contributed by atoms with Crippen molar-refractivity contribution >= 4 is 5.97 Å². The minimum atomic E-state index is -2.57. The highest BCUT2D eigenvalue weighted by atomic mass is 16.6. The number of carbonyl (C=O) groups is 1. The summed E-state index contributed by atoms with van der Waals surface area (Å²) in [7, 11) is 0. The molecule has 1 aromatic rings. The van der Waals surface area contributed by atoms with Crippen LogP contribution in [0.4, 0.5) is 0 Å². The molecule has 1 atom stereocenters. The SMILES string of the molecule is NC(C(=O)O)(c1ccccc1)[N+](=O)[O-]. The average Bonchev–Trinajstić information content (AvgIpc) is 2.17. The zero-order valence-electron chi connectivity index (χ0n) is 7.08. The summed E-state index contributed by atoms with van der Waals surface area (Å²) in [6.07, 6.45) is 0. The van der Waals surface area contributed by atoms with Gasteiger partial charge in [0.05, 0.1) is 10.5 Å². The van der Waals surface area contributed by atoms with Gasteiger partial charge in [-0.15, -0.1) is 0 Å². The number of rotatable bonds is 3. The van der Waals surface area contributed by atoms with Gasteiger partial charge >= 0.3 is 11.6 Å². The first-order valence-electron chi connectivity index (χ1n) is 3.72. The van der Waals surface area contributed by atoms with E-state index in [1.165, 1.54) is 24.3 Å². The Labute approximate surface area is 79.1 Å². The molecule has 6 nitrogen and oxygen atoms in total. The van der Waals surface area contributed by atoms with Crippen molar-refractivity contribution in [2.24, 2.45) is 5.73 Å². The van der Waals surface area contributed by atoms with Crippen LogP contribution in [0.25, 0.3) is 0 Å². The molecule has 1 unspecified atom stereocenters. The Bertz CT molecular complexity index is 349. The number of nitro groups is 1. The second kappa shape index (κ2) is 3.43. The summed E-state index contributed by atoms with van der Waals surface area (Å²) < 4.78 is 0. The first kappa shape index (κ1) is 10.1. The Hall–Kier alpha value is -1.95. The van der Waals surface area contributed by atoms with Crippen LogP contribution in [0.15, 0.2) is 30.3 Å². The molecule has 14 heavy (non-hydrogen) atoms. The molecular weight excluding hydrogens is 188 g/mol. The predicted molar refractivity (Wildman–Crippen MR) is 46.9 cm³/mol. The minimum absolute atomic E-state index is 0.0579. The van der Waals surface area contributed by atoms with Crippen LogP contribution in [0.5, 0.6) is 0 Å². The van der Waals surface area contributed by atoms with Crippen molar-refractivity contribution in [2.45, 2.75) is 5.66 Å². The number of aliphatic carboxylic acids is 1. The van der Waals surface area contributed by atoms with E-state index in [4.69, 9.17) is 10.8 Å². The Morgan fingerprint density at radius 2 is 1.93 bits per heavy atom. The molecule has 0 heterocycles. The van der Waals surface area contributed by atoms with Crippen molar-refractivity contribution in [1.82, 2.24) is 0 Å². The zero-order valence-corrected chi connectivity index (χ0v) is 7.08. The molecule has 0 aliphatic heterocycles. The highest BCUT2D eigenvalue weighted by molar-refractivity contribution is 5.78. The van der Waals surface area contributed by atoms with E-state index >= 15 is 0 Å². The van der Waals surface area contributed by atoms with Crippen LogP contribution in [0.3, 0.4) is 0 Å². The number of hydrogen-bond donors (Lipinski definition) is 2. The Kier molecular flexibility index (Phi) is 2.48.